The average molecular weight is 237 g/mol. The van der Waals surface area contributed by atoms with Crippen LogP contribution in [-0.2, 0) is 4.79 Å². The number of alkyl halides is 4. The van der Waals surface area contributed by atoms with E-state index in [9.17, 15) is 9.18 Å². The molecule has 2 atom stereocenters. The molecule has 0 fully saturated rings. The molecular formula is C6H8Cl3FO2. The van der Waals surface area contributed by atoms with Gasteiger partial charge < -0.3 is 5.11 Å². The van der Waals surface area contributed by atoms with Gasteiger partial charge in [0.05, 0.1) is 5.38 Å². The van der Waals surface area contributed by atoms with Crippen molar-refractivity contribution in [2.75, 3.05) is 5.88 Å². The normalized spacial score (nSPS) is 18.3. The molecular weight excluding hydrogens is 229 g/mol. The van der Waals surface area contributed by atoms with E-state index in [0.717, 1.165) is 0 Å². The quantitative estimate of drug-likeness (QED) is 0.746. The van der Waals surface area contributed by atoms with Crippen molar-refractivity contribution in [3.63, 3.8) is 0 Å². The molecule has 0 aliphatic carbocycles. The van der Waals surface area contributed by atoms with Crippen LogP contribution in [0.5, 0.6) is 0 Å². The third kappa shape index (κ3) is 4.33. The van der Waals surface area contributed by atoms with Gasteiger partial charge in [-0.05, 0) is 0 Å². The first-order valence-corrected chi connectivity index (χ1v) is 4.54. The van der Waals surface area contributed by atoms with Gasteiger partial charge in [-0.2, -0.15) is 0 Å². The lowest BCUT2D eigenvalue weighted by molar-refractivity contribution is -0.137. The SMILES string of the molecule is O=C(O)CCC(F)(Cl)C(Cl)CCl. The highest BCUT2D eigenvalue weighted by molar-refractivity contribution is 6.35. The molecule has 0 aromatic heterocycles. The van der Waals surface area contributed by atoms with Crippen LogP contribution in [0.3, 0.4) is 0 Å². The van der Waals surface area contributed by atoms with Crippen LogP contribution in [-0.4, -0.2) is 27.5 Å². The van der Waals surface area contributed by atoms with Gasteiger partial charge in [0.25, 0.3) is 0 Å². The predicted molar refractivity (Wildman–Crippen MR) is 46.9 cm³/mol. The molecule has 0 aliphatic rings. The largest absolute Gasteiger partial charge is 0.481 e. The summed E-state index contributed by atoms with van der Waals surface area (Å²) in [5.41, 5.74) is 0. The van der Waals surface area contributed by atoms with Crippen molar-refractivity contribution in [3.8, 4) is 0 Å². The van der Waals surface area contributed by atoms with E-state index >= 15 is 0 Å². The summed E-state index contributed by atoms with van der Waals surface area (Å²) < 4.78 is 13.1. The lowest BCUT2D eigenvalue weighted by Gasteiger charge is -2.20. The van der Waals surface area contributed by atoms with Crippen LogP contribution in [0.1, 0.15) is 12.8 Å². The molecule has 6 heteroatoms. The first kappa shape index (κ1) is 12.3. The highest BCUT2D eigenvalue weighted by Gasteiger charge is 2.35. The zero-order chi connectivity index (χ0) is 9.78. The van der Waals surface area contributed by atoms with E-state index in [1.165, 1.54) is 0 Å². The molecule has 0 aliphatic heterocycles. The smallest absolute Gasteiger partial charge is 0.303 e. The summed E-state index contributed by atoms with van der Waals surface area (Å²) in [5.74, 6) is -1.27. The van der Waals surface area contributed by atoms with Gasteiger partial charge in [-0.1, -0.05) is 11.6 Å². The molecule has 12 heavy (non-hydrogen) atoms. The minimum Gasteiger partial charge on any atom is -0.481 e. The predicted octanol–water partition coefficient (Wildman–Crippen LogP) is 2.60. The Balaban J connectivity index is 3.94. The highest BCUT2D eigenvalue weighted by Crippen LogP contribution is 2.32. The number of rotatable bonds is 5. The second-order valence-electron chi connectivity index (χ2n) is 2.28. The Kier molecular flexibility index (Phi) is 5.21. The number of aliphatic carboxylic acids is 1. The molecule has 0 amide bonds. The molecule has 0 spiro atoms. The maximum absolute atomic E-state index is 13.1. The molecule has 0 saturated heterocycles. The number of carboxylic acid groups (broad SMARTS) is 1. The highest BCUT2D eigenvalue weighted by atomic mass is 35.5. The van der Waals surface area contributed by atoms with Crippen molar-refractivity contribution in [1.29, 1.82) is 0 Å². The monoisotopic (exact) mass is 236 g/mol. The van der Waals surface area contributed by atoms with Gasteiger partial charge in [-0.25, -0.2) is 4.39 Å². The van der Waals surface area contributed by atoms with Crippen LogP contribution in [0, 0.1) is 0 Å². The van der Waals surface area contributed by atoms with Gasteiger partial charge in [-0.3, -0.25) is 4.79 Å². The van der Waals surface area contributed by atoms with E-state index in [1.54, 1.807) is 0 Å². The fourth-order valence-corrected chi connectivity index (χ4v) is 1.15. The van der Waals surface area contributed by atoms with Crippen molar-refractivity contribution in [1.82, 2.24) is 0 Å². The first-order chi connectivity index (χ1) is 5.40. The Hall–Kier alpha value is 0.270. The second kappa shape index (κ2) is 5.10. The Bertz CT molecular complexity index is 163. The molecule has 0 aromatic carbocycles. The summed E-state index contributed by atoms with van der Waals surface area (Å²) >= 11 is 15.9. The van der Waals surface area contributed by atoms with Crippen LogP contribution in [0.4, 0.5) is 4.39 Å². The molecule has 0 bridgehead atoms. The number of hydrogen-bond acceptors (Lipinski definition) is 1. The van der Waals surface area contributed by atoms with Crippen LogP contribution in [0.2, 0.25) is 0 Å². The Labute approximate surface area is 84.6 Å². The topological polar surface area (TPSA) is 37.3 Å². The zero-order valence-corrected chi connectivity index (χ0v) is 8.33. The Morgan fingerprint density at radius 1 is 1.67 bits per heavy atom. The third-order valence-corrected chi connectivity index (χ3v) is 2.80. The second-order valence-corrected chi connectivity index (χ2v) is 3.74. The number of carboxylic acids is 1. The average Bonchev–Trinajstić information content (AvgIpc) is 1.99. The van der Waals surface area contributed by atoms with Crippen molar-refractivity contribution in [3.05, 3.63) is 0 Å². The molecule has 2 nitrogen and oxygen atoms in total. The standard InChI is InChI=1S/C6H8Cl3FO2/c7-3-4(8)6(9,10)2-1-5(11)12/h4H,1-3H2,(H,11,12). The molecule has 0 rings (SSSR count). The summed E-state index contributed by atoms with van der Waals surface area (Å²) in [6.45, 7) is 0. The van der Waals surface area contributed by atoms with Crippen molar-refractivity contribution in [2.45, 2.75) is 23.3 Å². The van der Waals surface area contributed by atoms with Gasteiger partial charge in [0.15, 0.2) is 0 Å². The minimum atomic E-state index is -2.23. The fourth-order valence-electron chi connectivity index (χ4n) is 0.543. The number of halogens is 4. The van der Waals surface area contributed by atoms with Crippen LogP contribution >= 0.6 is 34.8 Å². The van der Waals surface area contributed by atoms with E-state index < -0.39 is 16.5 Å². The molecule has 0 heterocycles. The lowest BCUT2D eigenvalue weighted by atomic mass is 10.1. The summed E-state index contributed by atoms with van der Waals surface area (Å²) in [7, 11) is 0. The van der Waals surface area contributed by atoms with Crippen molar-refractivity contribution < 1.29 is 14.3 Å². The maximum Gasteiger partial charge on any atom is 0.303 e. The number of carbonyl (C=O) groups is 1. The molecule has 1 N–H and O–H groups in total. The lowest BCUT2D eigenvalue weighted by Crippen LogP contribution is -2.29. The zero-order valence-electron chi connectivity index (χ0n) is 6.07. The van der Waals surface area contributed by atoms with E-state index in [-0.39, 0.29) is 18.7 Å². The van der Waals surface area contributed by atoms with Crippen molar-refractivity contribution >= 4 is 40.8 Å². The van der Waals surface area contributed by atoms with Gasteiger partial charge >= 0.3 is 5.97 Å². The van der Waals surface area contributed by atoms with Crippen LogP contribution < -0.4 is 0 Å². The molecule has 0 aromatic rings. The van der Waals surface area contributed by atoms with Gasteiger partial charge in [0.2, 0.25) is 5.13 Å². The van der Waals surface area contributed by atoms with Gasteiger partial charge in [0, 0.05) is 18.7 Å². The summed E-state index contributed by atoms with van der Waals surface area (Å²) in [6.07, 6.45) is -0.703. The van der Waals surface area contributed by atoms with Gasteiger partial charge in [-0.15, -0.1) is 23.2 Å². The summed E-state index contributed by atoms with van der Waals surface area (Å²) in [5, 5.41) is 4.93. The molecule has 0 saturated carbocycles. The van der Waals surface area contributed by atoms with Gasteiger partial charge in [0.1, 0.15) is 0 Å². The van der Waals surface area contributed by atoms with E-state index in [1.807, 2.05) is 0 Å². The number of hydrogen-bond donors (Lipinski definition) is 1. The fraction of sp³-hybridized carbons (Fsp3) is 0.833. The third-order valence-electron chi connectivity index (χ3n) is 1.27. The molecule has 72 valence electrons. The summed E-state index contributed by atoms with van der Waals surface area (Å²) in [4.78, 5) is 10.1. The minimum absolute atomic E-state index is 0.152. The Morgan fingerprint density at radius 2 is 2.17 bits per heavy atom. The van der Waals surface area contributed by atoms with E-state index in [4.69, 9.17) is 39.9 Å². The Morgan fingerprint density at radius 3 is 2.50 bits per heavy atom. The van der Waals surface area contributed by atoms with E-state index in [2.05, 4.69) is 0 Å². The van der Waals surface area contributed by atoms with Crippen LogP contribution in [0.25, 0.3) is 0 Å². The summed E-state index contributed by atoms with van der Waals surface area (Å²) in [6, 6.07) is 0. The van der Waals surface area contributed by atoms with Crippen LogP contribution in [0.15, 0.2) is 0 Å². The molecule has 2 unspecified atom stereocenters. The maximum atomic E-state index is 13.1. The van der Waals surface area contributed by atoms with E-state index in [0.29, 0.717) is 0 Å². The van der Waals surface area contributed by atoms with Crippen molar-refractivity contribution in [2.24, 2.45) is 0 Å². The first-order valence-electron chi connectivity index (χ1n) is 3.20. The molecule has 0 radical (unpaired) electrons.